The van der Waals surface area contributed by atoms with Crippen molar-refractivity contribution in [1.29, 1.82) is 0 Å². The van der Waals surface area contributed by atoms with E-state index in [9.17, 15) is 9.59 Å². The van der Waals surface area contributed by atoms with Crippen molar-refractivity contribution >= 4 is 69.3 Å². The first-order valence-corrected chi connectivity index (χ1v) is 17.4. The van der Waals surface area contributed by atoms with E-state index in [2.05, 4.69) is 49.9 Å². The lowest BCUT2D eigenvalue weighted by Crippen LogP contribution is -2.32. The number of halogens is 4. The number of ether oxygens (including phenoxy) is 2. The molecule has 0 radical (unpaired) electrons. The molecule has 9 heteroatoms. The number of hydrogen-bond donors (Lipinski definition) is 0. The highest BCUT2D eigenvalue weighted by Gasteiger charge is 2.50. The third kappa shape index (κ3) is 4.51. The Morgan fingerprint density at radius 1 is 0.688 bits per heavy atom. The van der Waals surface area contributed by atoms with Crippen LogP contribution in [0.1, 0.15) is 75.1 Å². The van der Waals surface area contributed by atoms with Crippen LogP contribution in [0.15, 0.2) is 72.0 Å². The molecule has 5 nitrogen and oxygen atoms in total. The summed E-state index contributed by atoms with van der Waals surface area (Å²) in [6.45, 7) is 6.32. The molecule has 0 bridgehead atoms. The fraction of sp³-hybridized carbons (Fsp3) is 0.231. The molecule has 2 aliphatic heterocycles. The molecule has 242 valence electrons. The lowest BCUT2D eigenvalue weighted by molar-refractivity contribution is 0.0989. The Balaban J connectivity index is 1.37. The normalized spacial score (nSPS) is 18.0. The van der Waals surface area contributed by atoms with Gasteiger partial charge in [-0.15, -0.1) is 0 Å². The SMILES string of the molecule is Cc1cc(C)c(N2/C(=C/C=C3C(=O)c4c(Cl)c(Cl)c(Cl)c(Cl)c4C3=O)C3(CCCCC3)c3cc4c(cc32)Oc2ccccc2O4)c(C)c1. The largest absolute Gasteiger partial charge is 0.449 e. The van der Waals surface area contributed by atoms with Crippen molar-refractivity contribution in [3.8, 4) is 23.0 Å². The fourth-order valence-electron chi connectivity index (χ4n) is 8.04. The number of aryl methyl sites for hydroxylation is 3. The van der Waals surface area contributed by atoms with Gasteiger partial charge in [0.2, 0.25) is 0 Å². The van der Waals surface area contributed by atoms with Gasteiger partial charge in [0.25, 0.3) is 0 Å². The van der Waals surface area contributed by atoms with Crippen LogP contribution in [0.2, 0.25) is 20.1 Å². The van der Waals surface area contributed by atoms with Crippen molar-refractivity contribution in [3.63, 3.8) is 0 Å². The van der Waals surface area contributed by atoms with E-state index in [-0.39, 0.29) is 36.8 Å². The van der Waals surface area contributed by atoms with Crippen LogP contribution in [0.5, 0.6) is 23.0 Å². The summed E-state index contributed by atoms with van der Waals surface area (Å²) in [6, 6.07) is 16.2. The number of fused-ring (bicyclic) bond motifs is 5. The predicted octanol–water partition coefficient (Wildman–Crippen LogP) is 12.4. The zero-order valence-corrected chi connectivity index (χ0v) is 29.4. The highest BCUT2D eigenvalue weighted by molar-refractivity contribution is 6.57. The molecule has 1 saturated carbocycles. The number of rotatable bonds is 2. The summed E-state index contributed by atoms with van der Waals surface area (Å²) in [4.78, 5) is 29.9. The summed E-state index contributed by atoms with van der Waals surface area (Å²) in [5, 5.41) is -0.261. The third-order valence-electron chi connectivity index (χ3n) is 10.0. The van der Waals surface area contributed by atoms with Crippen LogP contribution in [-0.2, 0) is 5.41 Å². The van der Waals surface area contributed by atoms with E-state index in [0.717, 1.165) is 71.4 Å². The van der Waals surface area contributed by atoms with Crippen molar-refractivity contribution < 1.29 is 19.1 Å². The lowest BCUT2D eigenvalue weighted by atomic mass is 9.68. The van der Waals surface area contributed by atoms with Crippen LogP contribution < -0.4 is 14.4 Å². The van der Waals surface area contributed by atoms with E-state index in [1.165, 1.54) is 0 Å². The number of para-hydroxylation sites is 2. The third-order valence-corrected chi connectivity index (χ3v) is 11.8. The highest BCUT2D eigenvalue weighted by atomic mass is 35.5. The van der Waals surface area contributed by atoms with Gasteiger partial charge in [-0.1, -0.05) is 95.5 Å². The molecular weight excluding hydrogens is 688 g/mol. The van der Waals surface area contributed by atoms with Gasteiger partial charge in [0.15, 0.2) is 34.6 Å². The molecule has 8 rings (SSSR count). The van der Waals surface area contributed by atoms with Gasteiger partial charge in [0.05, 0.1) is 48.2 Å². The molecular formula is C39H29Cl4NO4. The zero-order chi connectivity index (χ0) is 33.6. The second kappa shape index (κ2) is 11.4. The summed E-state index contributed by atoms with van der Waals surface area (Å²) < 4.78 is 12.8. The van der Waals surface area contributed by atoms with Gasteiger partial charge in [0.1, 0.15) is 0 Å². The van der Waals surface area contributed by atoms with Gasteiger partial charge in [-0.25, -0.2) is 0 Å². The molecule has 0 atom stereocenters. The summed E-state index contributed by atoms with van der Waals surface area (Å²) in [7, 11) is 0. The molecule has 2 heterocycles. The molecule has 0 unspecified atom stereocenters. The second-order valence-electron chi connectivity index (χ2n) is 13.0. The second-order valence-corrected chi connectivity index (χ2v) is 14.5. The minimum atomic E-state index is -0.533. The Morgan fingerprint density at radius 2 is 1.23 bits per heavy atom. The monoisotopic (exact) mass is 715 g/mol. The Morgan fingerprint density at radius 3 is 1.79 bits per heavy atom. The number of nitrogens with zero attached hydrogens (tertiary/aromatic N) is 1. The number of allylic oxidation sites excluding steroid dienone is 4. The lowest BCUT2D eigenvalue weighted by Gasteiger charge is -2.37. The topological polar surface area (TPSA) is 55.8 Å². The average Bonchev–Trinajstić information content (AvgIpc) is 3.45. The molecule has 0 saturated heterocycles. The van der Waals surface area contributed by atoms with Gasteiger partial charge >= 0.3 is 0 Å². The van der Waals surface area contributed by atoms with E-state index in [1.54, 1.807) is 6.08 Å². The smallest absolute Gasteiger partial charge is 0.199 e. The minimum absolute atomic E-state index is 0.0172. The number of hydrogen-bond acceptors (Lipinski definition) is 5. The van der Waals surface area contributed by atoms with Gasteiger partial charge in [-0.05, 0) is 80.7 Å². The Bertz CT molecular complexity index is 2120. The first-order chi connectivity index (χ1) is 23.0. The average molecular weight is 717 g/mol. The van der Waals surface area contributed by atoms with Crippen molar-refractivity contribution in [3.05, 3.63) is 125 Å². The van der Waals surface area contributed by atoms with E-state index in [1.807, 2.05) is 30.3 Å². The van der Waals surface area contributed by atoms with Crippen LogP contribution in [0.3, 0.4) is 0 Å². The summed E-state index contributed by atoms with van der Waals surface area (Å²) in [6.07, 6.45) is 8.49. The van der Waals surface area contributed by atoms with Crippen molar-refractivity contribution in [2.75, 3.05) is 4.90 Å². The quantitative estimate of drug-likeness (QED) is 0.0788. The zero-order valence-electron chi connectivity index (χ0n) is 26.4. The standard InChI is InChI=1S/C39H29Cl4NO4/c1-19-15-20(2)36(21(3)16-19)44-24-18-28-27(47-25-9-5-6-10-26(25)48-28)17-23(24)39(13-7-4-8-14-39)29(44)12-11-22-37(45)30-31(38(22)46)33(41)35(43)34(42)32(30)40/h5-6,9-12,15-18H,4,7-8,13-14H2,1-3H3/b29-12+. The summed E-state index contributed by atoms with van der Waals surface area (Å²) in [5.74, 6) is 1.53. The van der Waals surface area contributed by atoms with Gasteiger partial charge < -0.3 is 14.4 Å². The Kier molecular flexibility index (Phi) is 7.50. The fourth-order valence-corrected chi connectivity index (χ4v) is 9.06. The van der Waals surface area contributed by atoms with Crippen LogP contribution in [0, 0.1) is 20.8 Å². The first-order valence-electron chi connectivity index (χ1n) is 15.9. The van der Waals surface area contributed by atoms with Gasteiger partial charge in [-0.2, -0.15) is 0 Å². The number of carbonyl (C=O) groups excluding carboxylic acids is 2. The molecule has 4 aromatic rings. The van der Waals surface area contributed by atoms with E-state index < -0.39 is 17.0 Å². The molecule has 1 fully saturated rings. The molecule has 2 aliphatic carbocycles. The number of ketones is 2. The van der Waals surface area contributed by atoms with Crippen molar-refractivity contribution in [1.82, 2.24) is 0 Å². The van der Waals surface area contributed by atoms with Crippen LogP contribution in [0.25, 0.3) is 0 Å². The van der Waals surface area contributed by atoms with Crippen LogP contribution >= 0.6 is 46.4 Å². The van der Waals surface area contributed by atoms with Crippen LogP contribution in [-0.4, -0.2) is 11.6 Å². The Hall–Kier alpha value is -3.74. The Labute approximate surface area is 298 Å². The molecule has 0 amide bonds. The first kappa shape index (κ1) is 31.5. The minimum Gasteiger partial charge on any atom is -0.449 e. The number of anilines is 2. The van der Waals surface area contributed by atoms with E-state index >= 15 is 0 Å². The number of carbonyl (C=O) groups is 2. The number of benzene rings is 4. The van der Waals surface area contributed by atoms with E-state index in [0.29, 0.717) is 23.0 Å². The maximum absolute atomic E-state index is 13.8. The summed E-state index contributed by atoms with van der Waals surface area (Å²) in [5.41, 5.74) is 7.02. The highest BCUT2D eigenvalue weighted by Crippen LogP contribution is 2.62. The summed E-state index contributed by atoms with van der Waals surface area (Å²) >= 11 is 25.5. The molecule has 48 heavy (non-hydrogen) atoms. The molecule has 0 N–H and O–H groups in total. The number of Topliss-reactive ketones (excluding diaryl/α,β-unsaturated/α-hetero) is 2. The van der Waals surface area contributed by atoms with Crippen molar-refractivity contribution in [2.24, 2.45) is 0 Å². The van der Waals surface area contributed by atoms with Crippen molar-refractivity contribution in [2.45, 2.75) is 58.3 Å². The predicted molar refractivity (Wildman–Crippen MR) is 192 cm³/mol. The maximum atomic E-state index is 13.8. The molecule has 4 aromatic carbocycles. The van der Waals surface area contributed by atoms with Gasteiger partial charge in [0, 0.05) is 17.2 Å². The molecule has 4 aliphatic rings. The van der Waals surface area contributed by atoms with Crippen LogP contribution in [0.4, 0.5) is 11.4 Å². The van der Waals surface area contributed by atoms with Gasteiger partial charge in [-0.3, -0.25) is 9.59 Å². The maximum Gasteiger partial charge on any atom is 0.199 e. The molecule has 0 aromatic heterocycles. The van der Waals surface area contributed by atoms with E-state index in [4.69, 9.17) is 55.9 Å². The molecule has 1 spiro atoms.